The van der Waals surface area contributed by atoms with E-state index in [-0.39, 0.29) is 11.8 Å². The number of hydrogen-bond acceptors (Lipinski definition) is 5. The summed E-state index contributed by atoms with van der Waals surface area (Å²) in [6.45, 7) is 4.64. The van der Waals surface area contributed by atoms with E-state index in [1.165, 1.54) is 0 Å². The van der Waals surface area contributed by atoms with Gasteiger partial charge in [0.25, 0.3) is 0 Å². The number of benzene rings is 1. The van der Waals surface area contributed by atoms with Crippen LogP contribution in [0.15, 0.2) is 23.9 Å². The fraction of sp³-hybridized carbons (Fsp3) is 0.480. The molecule has 1 aromatic carbocycles. The number of fused-ring (bicyclic) bond motifs is 1. The van der Waals surface area contributed by atoms with Gasteiger partial charge < -0.3 is 18.5 Å². The first-order chi connectivity index (χ1) is 17.1. The maximum atomic E-state index is 12.6. The van der Waals surface area contributed by atoms with E-state index < -0.39 is 9.71 Å². The van der Waals surface area contributed by atoms with Crippen molar-refractivity contribution in [3.8, 4) is 11.3 Å². The number of allylic oxidation sites excluding steroid dienone is 1. The van der Waals surface area contributed by atoms with Crippen LogP contribution < -0.4 is 0 Å². The minimum atomic E-state index is -2.38. The zero-order chi connectivity index (χ0) is 25.6. The Hall–Kier alpha value is -2.04. The van der Waals surface area contributed by atoms with Crippen LogP contribution in [-0.4, -0.2) is 92.3 Å². The molecular weight excluding hydrogens is 521 g/mol. The molecule has 0 saturated carbocycles. The lowest BCUT2D eigenvalue weighted by molar-refractivity contribution is -0.151. The monoisotopic (exact) mass is 551 g/mol. The van der Waals surface area contributed by atoms with Crippen molar-refractivity contribution < 1.29 is 13.7 Å². The number of aryl methyl sites for hydroxylation is 1. The van der Waals surface area contributed by atoms with Crippen LogP contribution in [0, 0.1) is 5.92 Å². The Morgan fingerprint density at radius 2 is 1.94 bits per heavy atom. The van der Waals surface area contributed by atoms with Gasteiger partial charge in [0.05, 0.1) is 35.5 Å². The smallest absolute Gasteiger partial charge is 0.230 e. The molecule has 4 heterocycles. The summed E-state index contributed by atoms with van der Waals surface area (Å²) in [4.78, 5) is 21.9. The third-order valence-corrected chi connectivity index (χ3v) is 9.12. The summed E-state index contributed by atoms with van der Waals surface area (Å²) >= 11 is 12.8. The number of carbonyl (C=O) groups excluding carboxylic acids is 1. The van der Waals surface area contributed by atoms with Crippen LogP contribution in [-0.2, 0) is 32.2 Å². The quantitative estimate of drug-likeness (QED) is 0.516. The molecule has 11 heteroatoms. The van der Waals surface area contributed by atoms with E-state index in [0.29, 0.717) is 42.9 Å². The lowest BCUT2D eigenvalue weighted by Crippen LogP contribution is -2.53. The second-order valence-corrected chi connectivity index (χ2v) is 13.0. The number of rotatable bonds is 6. The molecule has 8 nitrogen and oxygen atoms in total. The Morgan fingerprint density at radius 1 is 1.22 bits per heavy atom. The van der Waals surface area contributed by atoms with Crippen LogP contribution in [0.1, 0.15) is 17.9 Å². The minimum Gasteiger partial charge on any atom is -0.380 e. The number of imidazole rings is 1. The third-order valence-electron chi connectivity index (χ3n) is 7.18. The van der Waals surface area contributed by atoms with Crippen molar-refractivity contribution in [2.45, 2.75) is 19.4 Å². The van der Waals surface area contributed by atoms with Gasteiger partial charge in [-0.2, -0.15) is 0 Å². The maximum Gasteiger partial charge on any atom is 0.230 e. The Kier molecular flexibility index (Phi) is 7.13. The molecule has 0 bridgehead atoms. The number of aromatic nitrogens is 2. The molecule has 0 N–H and O–H groups in total. The average Bonchev–Trinajstić information content (AvgIpc) is 3.14. The van der Waals surface area contributed by atoms with Crippen molar-refractivity contribution in [2.75, 3.05) is 52.7 Å². The Bertz CT molecular complexity index is 1310. The molecule has 1 aromatic heterocycles. The van der Waals surface area contributed by atoms with Gasteiger partial charge >= 0.3 is 0 Å². The van der Waals surface area contributed by atoms with Gasteiger partial charge in [-0.1, -0.05) is 23.2 Å². The fourth-order valence-corrected chi connectivity index (χ4v) is 5.94. The first-order valence-electron chi connectivity index (χ1n) is 12.0. The molecule has 194 valence electrons. The van der Waals surface area contributed by atoms with Gasteiger partial charge in [-0.15, -0.1) is 0 Å². The van der Waals surface area contributed by atoms with Gasteiger partial charge in [0, 0.05) is 84.6 Å². The molecule has 5 rings (SSSR count). The van der Waals surface area contributed by atoms with Crippen molar-refractivity contribution in [1.82, 2.24) is 23.7 Å². The van der Waals surface area contributed by atoms with E-state index in [4.69, 9.17) is 32.9 Å². The molecule has 0 radical (unpaired) electrons. The zero-order valence-electron chi connectivity index (χ0n) is 20.6. The van der Waals surface area contributed by atoms with Gasteiger partial charge in [0.2, 0.25) is 5.91 Å². The second-order valence-electron chi connectivity index (χ2n) is 9.73. The van der Waals surface area contributed by atoms with E-state index in [0.717, 1.165) is 54.4 Å². The highest BCUT2D eigenvalue weighted by molar-refractivity contribution is 7.97. The van der Waals surface area contributed by atoms with Crippen LogP contribution in [0.5, 0.6) is 0 Å². The summed E-state index contributed by atoms with van der Waals surface area (Å²) in [5, 5.41) is 1.12. The van der Waals surface area contributed by atoms with Crippen LogP contribution in [0.4, 0.5) is 0 Å². The lowest BCUT2D eigenvalue weighted by Gasteiger charge is -2.38. The molecule has 2 aromatic rings. The van der Waals surface area contributed by atoms with Gasteiger partial charge in [-0.25, -0.2) is 9.19 Å². The number of hydrogen-bond donors (Lipinski definition) is 0. The highest BCUT2D eigenvalue weighted by Gasteiger charge is 2.33. The lowest BCUT2D eigenvalue weighted by atomic mass is 10.1. The summed E-state index contributed by atoms with van der Waals surface area (Å²) in [6, 6.07) is 5.47. The number of amides is 1. The normalized spacial score (nSPS) is 20.3. The molecule has 0 spiro atoms. The molecule has 1 atom stereocenters. The molecular formula is C25H31Cl2N5O3S. The topological polar surface area (TPSA) is 70.9 Å². The van der Waals surface area contributed by atoms with Crippen LogP contribution in [0.25, 0.3) is 17.5 Å². The molecule has 3 aliphatic heterocycles. The van der Waals surface area contributed by atoms with Crippen molar-refractivity contribution in [3.63, 3.8) is 0 Å². The Morgan fingerprint density at radius 3 is 2.56 bits per heavy atom. The number of carbonyl (C=O) groups is 1. The van der Waals surface area contributed by atoms with E-state index in [1.807, 2.05) is 30.3 Å². The van der Waals surface area contributed by atoms with Gasteiger partial charge in [-0.05, 0) is 30.5 Å². The molecule has 0 aliphatic carbocycles. The number of nitrogens with zero attached hydrogens (tertiary/aromatic N) is 5. The Balaban J connectivity index is 1.46. The number of halogens is 2. The van der Waals surface area contributed by atoms with Crippen LogP contribution >= 0.6 is 23.2 Å². The predicted molar refractivity (Wildman–Crippen MR) is 145 cm³/mol. The van der Waals surface area contributed by atoms with Crippen molar-refractivity contribution >= 4 is 50.9 Å². The molecule has 3 aliphatic rings. The summed E-state index contributed by atoms with van der Waals surface area (Å²) in [5.74, 6) is 4.99. The SMILES string of the molecule is C=S(C)(=O)N(C)C1=Cn2c(nc(-c3ccc(Cl)cc3Cl)c2CN2CCN(C(=O)C3COC3)CC2)CC1. The van der Waals surface area contributed by atoms with E-state index >= 15 is 0 Å². The van der Waals surface area contributed by atoms with Gasteiger partial charge in [-0.3, -0.25) is 9.69 Å². The van der Waals surface area contributed by atoms with Crippen molar-refractivity contribution in [1.29, 1.82) is 0 Å². The van der Waals surface area contributed by atoms with Crippen molar-refractivity contribution in [3.05, 3.63) is 45.5 Å². The zero-order valence-corrected chi connectivity index (χ0v) is 22.9. The first-order valence-corrected chi connectivity index (χ1v) is 14.9. The highest BCUT2D eigenvalue weighted by atomic mass is 35.5. The molecule has 1 unspecified atom stereocenters. The predicted octanol–water partition coefficient (Wildman–Crippen LogP) is 3.09. The first kappa shape index (κ1) is 25.6. The average molecular weight is 553 g/mol. The van der Waals surface area contributed by atoms with Crippen LogP contribution in [0.2, 0.25) is 10.0 Å². The highest BCUT2D eigenvalue weighted by Crippen LogP contribution is 2.35. The summed E-state index contributed by atoms with van der Waals surface area (Å²) in [5.41, 5.74) is 3.62. The maximum absolute atomic E-state index is 12.6. The summed E-state index contributed by atoms with van der Waals surface area (Å²) in [6.07, 6.45) is 5.12. The standard InChI is InChI=1S/C25H31Cl2N5O3S/c1-29(36(2,3)34)19-5-7-23-28-24(20-6-4-18(26)12-21(20)27)22(32(23)13-19)14-30-8-10-31(11-9-30)25(33)17-15-35-16-17/h4,6,12-13,17H,2,5,7-11,14-16H2,1,3H3. The molecule has 1 amide bonds. The minimum absolute atomic E-state index is 0.0134. The molecule has 36 heavy (non-hydrogen) atoms. The van der Waals surface area contributed by atoms with E-state index in [9.17, 15) is 9.00 Å². The summed E-state index contributed by atoms with van der Waals surface area (Å²) in [7, 11) is -0.559. The summed E-state index contributed by atoms with van der Waals surface area (Å²) < 4.78 is 21.7. The van der Waals surface area contributed by atoms with Crippen molar-refractivity contribution in [2.24, 2.45) is 5.92 Å². The fourth-order valence-electron chi connectivity index (χ4n) is 4.81. The third kappa shape index (κ3) is 5.04. The number of piperazine rings is 1. The van der Waals surface area contributed by atoms with E-state index in [1.54, 1.807) is 16.6 Å². The molecule has 2 saturated heterocycles. The van der Waals surface area contributed by atoms with Gasteiger partial charge in [0.1, 0.15) is 5.82 Å². The van der Waals surface area contributed by atoms with Crippen LogP contribution in [0.3, 0.4) is 0 Å². The van der Waals surface area contributed by atoms with E-state index in [2.05, 4.69) is 15.3 Å². The molecule has 2 fully saturated rings. The second kappa shape index (κ2) is 10.0. The Labute approximate surface area is 222 Å². The largest absolute Gasteiger partial charge is 0.380 e. The van der Waals surface area contributed by atoms with Gasteiger partial charge in [0.15, 0.2) is 0 Å². The number of ether oxygens (including phenoxy) is 1.